The highest BCUT2D eigenvalue weighted by Crippen LogP contribution is 2.27. The van der Waals surface area contributed by atoms with Crippen LogP contribution >= 0.6 is 0 Å². The Bertz CT molecular complexity index is 716. The average Bonchev–Trinajstić information content (AvgIpc) is 2.56. The molecule has 0 fully saturated rings. The molecule has 1 amide bonds. The lowest BCUT2D eigenvalue weighted by atomic mass is 10.2. The zero-order valence-electron chi connectivity index (χ0n) is 15.3. The number of nitrogens with one attached hydrogen (secondary N) is 2. The standard InChI is InChI=1S/C19H26N4O2/c1-5-6-11-20-19(24)16-12-18(22-14(4)21-16)23-15-9-7-8-10-17(15)25-13(2)3/h7-10,12-13H,5-6,11H2,1-4H3,(H,20,24)(H,21,22,23). The van der Waals surface area contributed by atoms with Crippen LogP contribution in [-0.2, 0) is 0 Å². The molecule has 0 spiro atoms. The van der Waals surface area contributed by atoms with E-state index in [1.54, 1.807) is 13.0 Å². The van der Waals surface area contributed by atoms with E-state index >= 15 is 0 Å². The van der Waals surface area contributed by atoms with Crippen LogP contribution in [0.15, 0.2) is 30.3 Å². The van der Waals surface area contributed by atoms with Gasteiger partial charge in [-0.15, -0.1) is 0 Å². The summed E-state index contributed by atoms with van der Waals surface area (Å²) in [5.41, 5.74) is 1.15. The van der Waals surface area contributed by atoms with E-state index < -0.39 is 0 Å². The number of hydrogen-bond acceptors (Lipinski definition) is 5. The van der Waals surface area contributed by atoms with E-state index in [1.165, 1.54) is 0 Å². The summed E-state index contributed by atoms with van der Waals surface area (Å²) in [4.78, 5) is 20.8. The van der Waals surface area contributed by atoms with Crippen molar-refractivity contribution in [3.63, 3.8) is 0 Å². The first-order valence-electron chi connectivity index (χ1n) is 8.66. The molecule has 1 aromatic heterocycles. The quantitative estimate of drug-likeness (QED) is 0.713. The number of ether oxygens (including phenoxy) is 1. The Balaban J connectivity index is 2.19. The van der Waals surface area contributed by atoms with E-state index in [2.05, 4.69) is 27.5 Å². The predicted molar refractivity (Wildman–Crippen MR) is 99.5 cm³/mol. The van der Waals surface area contributed by atoms with Crippen molar-refractivity contribution in [3.8, 4) is 5.75 Å². The highest BCUT2D eigenvalue weighted by molar-refractivity contribution is 5.93. The molecule has 0 saturated carbocycles. The van der Waals surface area contributed by atoms with Crippen LogP contribution in [0.3, 0.4) is 0 Å². The monoisotopic (exact) mass is 342 g/mol. The second-order valence-corrected chi connectivity index (χ2v) is 6.08. The van der Waals surface area contributed by atoms with Crippen LogP contribution in [0.1, 0.15) is 49.9 Å². The van der Waals surface area contributed by atoms with Crippen LogP contribution in [0.2, 0.25) is 0 Å². The molecule has 6 nitrogen and oxygen atoms in total. The number of carbonyl (C=O) groups excluding carboxylic acids is 1. The summed E-state index contributed by atoms with van der Waals surface area (Å²) in [5, 5.41) is 6.10. The van der Waals surface area contributed by atoms with Crippen LogP contribution in [-0.4, -0.2) is 28.5 Å². The maximum absolute atomic E-state index is 12.2. The molecule has 0 aliphatic heterocycles. The normalized spacial score (nSPS) is 10.6. The summed E-state index contributed by atoms with van der Waals surface area (Å²) in [7, 11) is 0. The molecule has 0 saturated heterocycles. The zero-order valence-corrected chi connectivity index (χ0v) is 15.3. The Kier molecular flexibility index (Phi) is 6.74. The molecule has 0 aliphatic carbocycles. The lowest BCUT2D eigenvalue weighted by Crippen LogP contribution is -2.25. The first-order valence-corrected chi connectivity index (χ1v) is 8.66. The number of amides is 1. The van der Waals surface area contributed by atoms with Gasteiger partial charge in [0.2, 0.25) is 0 Å². The lowest BCUT2D eigenvalue weighted by Gasteiger charge is -2.15. The van der Waals surface area contributed by atoms with Gasteiger partial charge in [-0.3, -0.25) is 4.79 Å². The topological polar surface area (TPSA) is 76.1 Å². The van der Waals surface area contributed by atoms with Crippen molar-refractivity contribution in [3.05, 3.63) is 41.9 Å². The fourth-order valence-electron chi connectivity index (χ4n) is 2.28. The third kappa shape index (κ3) is 5.74. The molecular weight excluding hydrogens is 316 g/mol. The number of anilines is 2. The van der Waals surface area contributed by atoms with E-state index in [-0.39, 0.29) is 12.0 Å². The minimum absolute atomic E-state index is 0.0648. The van der Waals surface area contributed by atoms with Gasteiger partial charge in [0.1, 0.15) is 23.1 Å². The van der Waals surface area contributed by atoms with E-state index in [0.29, 0.717) is 23.9 Å². The van der Waals surface area contributed by atoms with Gasteiger partial charge in [-0.05, 0) is 39.3 Å². The number of para-hydroxylation sites is 2. The summed E-state index contributed by atoms with van der Waals surface area (Å²) >= 11 is 0. The molecule has 134 valence electrons. The van der Waals surface area contributed by atoms with Crippen LogP contribution in [0.4, 0.5) is 11.5 Å². The number of rotatable bonds is 8. The van der Waals surface area contributed by atoms with Gasteiger partial charge in [0.25, 0.3) is 5.91 Å². The third-order valence-corrected chi connectivity index (χ3v) is 3.40. The van der Waals surface area contributed by atoms with Gasteiger partial charge in [-0.1, -0.05) is 25.5 Å². The molecule has 0 bridgehead atoms. The fourth-order valence-corrected chi connectivity index (χ4v) is 2.28. The number of unbranched alkanes of at least 4 members (excludes halogenated alkanes) is 1. The van der Waals surface area contributed by atoms with Crippen molar-refractivity contribution in [1.82, 2.24) is 15.3 Å². The number of benzene rings is 1. The van der Waals surface area contributed by atoms with Crippen molar-refractivity contribution < 1.29 is 9.53 Å². The number of carbonyl (C=O) groups is 1. The summed E-state index contributed by atoms with van der Waals surface area (Å²) in [6, 6.07) is 9.30. The second-order valence-electron chi connectivity index (χ2n) is 6.08. The van der Waals surface area contributed by atoms with Crippen LogP contribution in [0.5, 0.6) is 5.75 Å². The van der Waals surface area contributed by atoms with Crippen molar-refractivity contribution in [1.29, 1.82) is 0 Å². The van der Waals surface area contributed by atoms with E-state index in [9.17, 15) is 4.79 Å². The number of hydrogen-bond donors (Lipinski definition) is 2. The SMILES string of the molecule is CCCCNC(=O)c1cc(Nc2ccccc2OC(C)C)nc(C)n1. The van der Waals surface area contributed by atoms with Crippen LogP contribution in [0, 0.1) is 6.92 Å². The highest BCUT2D eigenvalue weighted by atomic mass is 16.5. The second kappa shape index (κ2) is 9.01. The minimum Gasteiger partial charge on any atom is -0.489 e. The minimum atomic E-state index is -0.186. The smallest absolute Gasteiger partial charge is 0.270 e. The summed E-state index contributed by atoms with van der Waals surface area (Å²) in [6.45, 7) is 8.45. The maximum atomic E-state index is 12.2. The maximum Gasteiger partial charge on any atom is 0.270 e. The Morgan fingerprint density at radius 3 is 2.72 bits per heavy atom. The summed E-state index contributed by atoms with van der Waals surface area (Å²) in [5.74, 6) is 1.65. The Hall–Kier alpha value is -2.63. The van der Waals surface area contributed by atoms with Gasteiger partial charge in [0, 0.05) is 12.6 Å². The van der Waals surface area contributed by atoms with Gasteiger partial charge in [-0.2, -0.15) is 0 Å². The van der Waals surface area contributed by atoms with Crippen molar-refractivity contribution in [2.24, 2.45) is 0 Å². The number of aromatic nitrogens is 2. The van der Waals surface area contributed by atoms with Gasteiger partial charge in [0.15, 0.2) is 0 Å². The van der Waals surface area contributed by atoms with Crippen molar-refractivity contribution in [2.75, 3.05) is 11.9 Å². The molecule has 1 heterocycles. The predicted octanol–water partition coefficient (Wildman–Crippen LogP) is 3.85. The first-order chi connectivity index (χ1) is 12.0. The number of aryl methyl sites for hydroxylation is 1. The average molecular weight is 342 g/mol. The van der Waals surface area contributed by atoms with Gasteiger partial charge < -0.3 is 15.4 Å². The zero-order chi connectivity index (χ0) is 18.2. The van der Waals surface area contributed by atoms with E-state index in [0.717, 1.165) is 24.3 Å². The fraction of sp³-hybridized carbons (Fsp3) is 0.421. The van der Waals surface area contributed by atoms with Gasteiger partial charge in [0.05, 0.1) is 11.8 Å². The van der Waals surface area contributed by atoms with Gasteiger partial charge in [-0.25, -0.2) is 9.97 Å². The van der Waals surface area contributed by atoms with Crippen molar-refractivity contribution in [2.45, 2.75) is 46.6 Å². The molecule has 25 heavy (non-hydrogen) atoms. The molecule has 2 aromatic rings. The van der Waals surface area contributed by atoms with Crippen LogP contribution in [0.25, 0.3) is 0 Å². The molecule has 0 unspecified atom stereocenters. The molecule has 2 rings (SSSR count). The summed E-state index contributed by atoms with van der Waals surface area (Å²) in [6.07, 6.45) is 2.04. The first kappa shape index (κ1) is 18.7. The highest BCUT2D eigenvalue weighted by Gasteiger charge is 2.12. The van der Waals surface area contributed by atoms with E-state index in [4.69, 9.17) is 4.74 Å². The van der Waals surface area contributed by atoms with Gasteiger partial charge >= 0.3 is 0 Å². The number of nitrogens with zero attached hydrogens (tertiary/aromatic N) is 2. The Labute approximate surface area is 149 Å². The molecule has 0 radical (unpaired) electrons. The Morgan fingerprint density at radius 2 is 2.00 bits per heavy atom. The molecule has 0 atom stereocenters. The van der Waals surface area contributed by atoms with E-state index in [1.807, 2.05) is 38.1 Å². The van der Waals surface area contributed by atoms with Crippen LogP contribution < -0.4 is 15.4 Å². The molecular formula is C19H26N4O2. The molecule has 6 heteroatoms. The lowest BCUT2D eigenvalue weighted by molar-refractivity contribution is 0.0948. The molecule has 2 N–H and O–H groups in total. The largest absolute Gasteiger partial charge is 0.489 e. The molecule has 0 aliphatic rings. The third-order valence-electron chi connectivity index (χ3n) is 3.40. The molecule has 1 aromatic carbocycles. The summed E-state index contributed by atoms with van der Waals surface area (Å²) < 4.78 is 5.81. The Morgan fingerprint density at radius 1 is 1.24 bits per heavy atom. The van der Waals surface area contributed by atoms with Crippen molar-refractivity contribution >= 4 is 17.4 Å².